The summed E-state index contributed by atoms with van der Waals surface area (Å²) in [7, 11) is -0.0991. The lowest BCUT2D eigenvalue weighted by molar-refractivity contribution is 0.0323. The second kappa shape index (κ2) is 9.43. The van der Waals surface area contributed by atoms with Crippen LogP contribution in [0.2, 0.25) is 0 Å². The Labute approximate surface area is 90.3 Å². The minimum Gasteiger partial charge on any atom is -0.430 e. The molecule has 0 aromatic heterocycles. The SMILES string of the molecule is C=CC[C@H](C)O[C@H](CCCCC)[Si]O. The molecule has 1 N–H and O–H groups in total. The topological polar surface area (TPSA) is 29.5 Å². The number of unbranched alkanes of at least 4 members (excludes halogenated alkanes) is 2. The summed E-state index contributed by atoms with van der Waals surface area (Å²) in [6.45, 7) is 7.87. The van der Waals surface area contributed by atoms with Crippen molar-refractivity contribution in [2.45, 2.75) is 57.8 Å². The molecule has 0 saturated carbocycles. The molecule has 3 heteroatoms. The van der Waals surface area contributed by atoms with Gasteiger partial charge in [-0.15, -0.1) is 6.58 Å². The first-order valence-corrected chi connectivity index (χ1v) is 6.43. The molecule has 0 spiro atoms. The Morgan fingerprint density at radius 1 is 1.50 bits per heavy atom. The first-order valence-electron chi connectivity index (χ1n) is 5.40. The second-order valence-electron chi connectivity index (χ2n) is 3.58. The molecule has 0 aromatic carbocycles. The summed E-state index contributed by atoms with van der Waals surface area (Å²) in [6, 6.07) is 0. The van der Waals surface area contributed by atoms with Gasteiger partial charge in [-0.25, -0.2) is 0 Å². The van der Waals surface area contributed by atoms with E-state index in [1.807, 2.05) is 13.0 Å². The lowest BCUT2D eigenvalue weighted by atomic mass is 10.2. The van der Waals surface area contributed by atoms with Gasteiger partial charge in [0.2, 0.25) is 0 Å². The van der Waals surface area contributed by atoms with Crippen molar-refractivity contribution in [2.75, 3.05) is 0 Å². The van der Waals surface area contributed by atoms with Crippen LogP contribution in [0.15, 0.2) is 12.7 Å². The molecule has 0 aromatic rings. The Morgan fingerprint density at radius 3 is 2.71 bits per heavy atom. The Bertz CT molecular complexity index is 139. The molecule has 0 aliphatic carbocycles. The van der Waals surface area contributed by atoms with Crippen molar-refractivity contribution in [1.82, 2.24) is 0 Å². The Hall–Kier alpha value is -0.123. The van der Waals surface area contributed by atoms with E-state index in [4.69, 9.17) is 9.53 Å². The maximum atomic E-state index is 9.12. The summed E-state index contributed by atoms with van der Waals surface area (Å²) < 4.78 is 5.68. The zero-order valence-corrected chi connectivity index (χ0v) is 10.3. The maximum absolute atomic E-state index is 9.12. The first kappa shape index (κ1) is 13.9. The predicted octanol–water partition coefficient (Wildman–Crippen LogP) is 2.49. The van der Waals surface area contributed by atoms with E-state index in [0.717, 1.165) is 19.3 Å². The minimum absolute atomic E-state index is 0.0384. The zero-order valence-electron chi connectivity index (χ0n) is 9.33. The molecule has 0 fully saturated rings. The first-order chi connectivity index (χ1) is 6.74. The van der Waals surface area contributed by atoms with Crippen molar-refractivity contribution in [3.05, 3.63) is 12.7 Å². The molecule has 0 saturated heterocycles. The lowest BCUT2D eigenvalue weighted by Crippen LogP contribution is -2.25. The van der Waals surface area contributed by atoms with Crippen LogP contribution in [0, 0.1) is 0 Å². The van der Waals surface area contributed by atoms with E-state index in [0.29, 0.717) is 0 Å². The third-order valence-corrected chi connectivity index (χ3v) is 2.82. The van der Waals surface area contributed by atoms with Crippen LogP contribution in [-0.2, 0) is 4.74 Å². The van der Waals surface area contributed by atoms with Crippen LogP contribution in [0.3, 0.4) is 0 Å². The number of hydrogen-bond donors (Lipinski definition) is 1. The van der Waals surface area contributed by atoms with Crippen LogP contribution < -0.4 is 0 Å². The highest BCUT2D eigenvalue weighted by molar-refractivity contribution is 6.27. The molecule has 82 valence electrons. The highest BCUT2D eigenvalue weighted by Gasteiger charge is 2.12. The van der Waals surface area contributed by atoms with Gasteiger partial charge in [0, 0.05) is 0 Å². The maximum Gasteiger partial charge on any atom is 0.257 e. The fourth-order valence-corrected chi connectivity index (χ4v) is 1.94. The molecule has 14 heavy (non-hydrogen) atoms. The minimum atomic E-state index is -0.0991. The Balaban J connectivity index is 3.60. The van der Waals surface area contributed by atoms with E-state index in [-0.39, 0.29) is 21.6 Å². The van der Waals surface area contributed by atoms with Gasteiger partial charge in [-0.05, 0) is 19.8 Å². The molecular weight excluding hydrogens is 192 g/mol. The molecule has 0 aliphatic heterocycles. The summed E-state index contributed by atoms with van der Waals surface area (Å²) >= 11 is 0. The van der Waals surface area contributed by atoms with Gasteiger partial charge in [0.15, 0.2) is 0 Å². The van der Waals surface area contributed by atoms with E-state index in [1.165, 1.54) is 12.8 Å². The van der Waals surface area contributed by atoms with Crippen LogP contribution in [0.1, 0.15) is 46.0 Å². The van der Waals surface area contributed by atoms with Gasteiger partial charge >= 0.3 is 0 Å². The van der Waals surface area contributed by atoms with Crippen molar-refractivity contribution in [1.29, 1.82) is 0 Å². The van der Waals surface area contributed by atoms with Crippen molar-refractivity contribution < 1.29 is 9.53 Å². The molecule has 0 heterocycles. The van der Waals surface area contributed by atoms with Gasteiger partial charge in [0.05, 0.1) is 11.8 Å². The van der Waals surface area contributed by atoms with Crippen molar-refractivity contribution in [3.8, 4) is 0 Å². The summed E-state index contributed by atoms with van der Waals surface area (Å²) in [5.74, 6) is 0. The molecule has 0 rings (SSSR count). The van der Waals surface area contributed by atoms with Gasteiger partial charge in [0.1, 0.15) is 0 Å². The summed E-state index contributed by atoms with van der Waals surface area (Å²) in [5.41, 5.74) is 0.0384. The molecule has 2 atom stereocenters. The smallest absolute Gasteiger partial charge is 0.257 e. The Morgan fingerprint density at radius 2 is 2.21 bits per heavy atom. The molecule has 0 unspecified atom stereocenters. The number of rotatable bonds is 9. The zero-order chi connectivity index (χ0) is 10.8. The van der Waals surface area contributed by atoms with E-state index in [9.17, 15) is 0 Å². The normalized spacial score (nSPS) is 15.1. The Kier molecular flexibility index (Phi) is 9.35. The van der Waals surface area contributed by atoms with E-state index >= 15 is 0 Å². The van der Waals surface area contributed by atoms with Gasteiger partial charge in [-0.1, -0.05) is 32.3 Å². The van der Waals surface area contributed by atoms with E-state index < -0.39 is 0 Å². The molecule has 0 aliphatic rings. The third kappa shape index (κ3) is 7.30. The number of ether oxygens (including phenoxy) is 1. The van der Waals surface area contributed by atoms with Crippen LogP contribution in [0.25, 0.3) is 0 Å². The molecule has 2 nitrogen and oxygen atoms in total. The fraction of sp³-hybridized carbons (Fsp3) is 0.818. The van der Waals surface area contributed by atoms with Crippen LogP contribution >= 0.6 is 0 Å². The average molecular weight is 214 g/mol. The summed E-state index contributed by atoms with van der Waals surface area (Å²) in [4.78, 5) is 9.12. The van der Waals surface area contributed by atoms with Gasteiger partial charge in [0.25, 0.3) is 9.76 Å². The van der Waals surface area contributed by atoms with E-state index in [1.54, 1.807) is 0 Å². The van der Waals surface area contributed by atoms with Gasteiger partial charge < -0.3 is 9.53 Å². The van der Waals surface area contributed by atoms with Gasteiger partial charge in [-0.3, -0.25) is 0 Å². The predicted molar refractivity (Wildman–Crippen MR) is 61.3 cm³/mol. The molecule has 2 radical (unpaired) electrons. The summed E-state index contributed by atoms with van der Waals surface area (Å²) in [5, 5.41) is 0. The molecular formula is C11H22O2Si. The quantitative estimate of drug-likeness (QED) is 0.363. The largest absolute Gasteiger partial charge is 0.430 e. The van der Waals surface area contributed by atoms with Crippen molar-refractivity contribution in [2.24, 2.45) is 0 Å². The highest BCUT2D eigenvalue weighted by atomic mass is 28.2. The van der Waals surface area contributed by atoms with Crippen molar-refractivity contribution in [3.63, 3.8) is 0 Å². The lowest BCUT2D eigenvalue weighted by Gasteiger charge is -2.18. The van der Waals surface area contributed by atoms with Crippen LogP contribution in [0.4, 0.5) is 0 Å². The molecule has 0 bridgehead atoms. The highest BCUT2D eigenvalue weighted by Crippen LogP contribution is 2.09. The number of hydrogen-bond acceptors (Lipinski definition) is 2. The monoisotopic (exact) mass is 214 g/mol. The van der Waals surface area contributed by atoms with Crippen LogP contribution in [0.5, 0.6) is 0 Å². The van der Waals surface area contributed by atoms with E-state index in [2.05, 4.69) is 13.5 Å². The van der Waals surface area contributed by atoms with Gasteiger partial charge in [-0.2, -0.15) is 0 Å². The van der Waals surface area contributed by atoms with Crippen LogP contribution in [-0.4, -0.2) is 26.4 Å². The summed E-state index contributed by atoms with van der Waals surface area (Å²) in [6.07, 6.45) is 7.45. The fourth-order valence-electron chi connectivity index (χ4n) is 1.31. The third-order valence-electron chi connectivity index (χ3n) is 2.11. The second-order valence-corrected chi connectivity index (χ2v) is 4.49. The molecule has 0 amide bonds. The standard InChI is InChI=1S/C11H22O2Si/c1-4-6-7-9-11(14-12)13-10(3)8-5-2/h5,10-12H,2,4,6-9H2,1,3H3/t10-,11-/m0/s1. The average Bonchev–Trinajstić information content (AvgIpc) is 2.17. The van der Waals surface area contributed by atoms with Crippen molar-refractivity contribution >= 4 is 9.76 Å².